The standard InChI is InChI=1S/C15H25N3S2.HI/c1-4-13-11-18(7-9-19-13)15(16-3)17-10-12(2)14-6-5-8-20-14;/h5-6,8,12-13H,4,7,9-11H2,1-3H3,(H,16,17);1H. The first kappa shape index (κ1) is 19.1. The molecule has 0 radical (unpaired) electrons. The summed E-state index contributed by atoms with van der Waals surface area (Å²) in [6.45, 7) is 7.72. The second-order valence-electron chi connectivity index (χ2n) is 5.19. The zero-order chi connectivity index (χ0) is 14.4. The van der Waals surface area contributed by atoms with Crippen molar-refractivity contribution in [2.75, 3.05) is 32.4 Å². The Morgan fingerprint density at radius 2 is 2.38 bits per heavy atom. The average molecular weight is 439 g/mol. The van der Waals surface area contributed by atoms with Gasteiger partial charge in [-0.15, -0.1) is 35.3 Å². The van der Waals surface area contributed by atoms with Crippen LogP contribution in [-0.2, 0) is 0 Å². The van der Waals surface area contributed by atoms with Crippen LogP contribution in [-0.4, -0.2) is 48.5 Å². The fourth-order valence-corrected chi connectivity index (χ4v) is 4.37. The maximum atomic E-state index is 4.46. The van der Waals surface area contributed by atoms with Gasteiger partial charge in [0.2, 0.25) is 0 Å². The van der Waals surface area contributed by atoms with Crippen LogP contribution < -0.4 is 5.32 Å². The molecular formula is C15H26IN3S2. The number of guanidine groups is 1. The van der Waals surface area contributed by atoms with Crippen LogP contribution in [0.4, 0.5) is 0 Å². The van der Waals surface area contributed by atoms with E-state index in [1.165, 1.54) is 17.1 Å². The van der Waals surface area contributed by atoms with Gasteiger partial charge in [-0.25, -0.2) is 0 Å². The molecule has 1 fully saturated rings. The predicted octanol–water partition coefficient (Wildman–Crippen LogP) is 3.87. The number of hydrogen-bond donors (Lipinski definition) is 1. The summed E-state index contributed by atoms with van der Waals surface area (Å²) in [7, 11) is 1.89. The molecule has 1 aliphatic rings. The number of nitrogens with one attached hydrogen (secondary N) is 1. The number of thioether (sulfide) groups is 1. The average Bonchev–Trinajstić information content (AvgIpc) is 3.02. The minimum Gasteiger partial charge on any atom is -0.356 e. The van der Waals surface area contributed by atoms with Crippen molar-refractivity contribution >= 4 is 53.0 Å². The molecule has 2 heterocycles. The van der Waals surface area contributed by atoms with Crippen molar-refractivity contribution in [3.8, 4) is 0 Å². The Balaban J connectivity index is 0.00000220. The third kappa shape index (κ3) is 5.63. The Hall–Kier alpha value is 0.0500. The summed E-state index contributed by atoms with van der Waals surface area (Å²) in [5, 5.41) is 6.44. The van der Waals surface area contributed by atoms with Gasteiger partial charge in [0.15, 0.2) is 5.96 Å². The summed E-state index contributed by atoms with van der Waals surface area (Å²) in [5.41, 5.74) is 0. The van der Waals surface area contributed by atoms with E-state index >= 15 is 0 Å². The minimum absolute atomic E-state index is 0. The Bertz CT molecular complexity index is 423. The lowest BCUT2D eigenvalue weighted by molar-refractivity contribution is 0.407. The maximum Gasteiger partial charge on any atom is 0.193 e. The van der Waals surface area contributed by atoms with E-state index in [0.717, 1.165) is 30.8 Å². The Morgan fingerprint density at radius 3 is 3.00 bits per heavy atom. The fourth-order valence-electron chi connectivity index (χ4n) is 2.41. The van der Waals surface area contributed by atoms with Gasteiger partial charge in [-0.3, -0.25) is 4.99 Å². The van der Waals surface area contributed by atoms with Gasteiger partial charge in [-0.05, 0) is 17.9 Å². The lowest BCUT2D eigenvalue weighted by atomic mass is 10.1. The van der Waals surface area contributed by atoms with Crippen LogP contribution in [0.2, 0.25) is 0 Å². The molecule has 0 amide bonds. The van der Waals surface area contributed by atoms with Gasteiger partial charge < -0.3 is 10.2 Å². The summed E-state index contributed by atoms with van der Waals surface area (Å²) in [6.07, 6.45) is 1.24. The molecule has 1 saturated heterocycles. The van der Waals surface area contributed by atoms with Crippen LogP contribution in [0.3, 0.4) is 0 Å². The smallest absolute Gasteiger partial charge is 0.193 e. The highest BCUT2D eigenvalue weighted by Gasteiger charge is 2.21. The maximum absolute atomic E-state index is 4.46. The van der Waals surface area contributed by atoms with Crippen LogP contribution in [0.5, 0.6) is 0 Å². The van der Waals surface area contributed by atoms with Crippen LogP contribution in [0.15, 0.2) is 22.5 Å². The Labute approximate surface area is 154 Å². The molecule has 1 N–H and O–H groups in total. The zero-order valence-corrected chi connectivity index (χ0v) is 17.0. The quantitative estimate of drug-likeness (QED) is 0.439. The number of rotatable bonds is 4. The number of thiophene rings is 1. The monoisotopic (exact) mass is 439 g/mol. The van der Waals surface area contributed by atoms with E-state index in [1.807, 2.05) is 18.4 Å². The fraction of sp³-hybridized carbons (Fsp3) is 0.667. The lowest BCUT2D eigenvalue weighted by Crippen LogP contribution is -2.48. The molecule has 1 aromatic heterocycles. The van der Waals surface area contributed by atoms with E-state index in [2.05, 4.69) is 58.3 Å². The molecule has 6 heteroatoms. The molecule has 2 atom stereocenters. The molecule has 3 nitrogen and oxygen atoms in total. The summed E-state index contributed by atoms with van der Waals surface area (Å²) in [5.74, 6) is 2.81. The zero-order valence-electron chi connectivity index (χ0n) is 13.0. The van der Waals surface area contributed by atoms with E-state index in [-0.39, 0.29) is 24.0 Å². The van der Waals surface area contributed by atoms with Crippen LogP contribution in [0.25, 0.3) is 0 Å². The molecule has 2 unspecified atom stereocenters. The van der Waals surface area contributed by atoms with Gasteiger partial charge >= 0.3 is 0 Å². The highest BCUT2D eigenvalue weighted by molar-refractivity contribution is 14.0. The number of halogens is 1. The molecule has 2 rings (SSSR count). The van der Waals surface area contributed by atoms with Gasteiger partial charge in [0, 0.05) is 48.5 Å². The van der Waals surface area contributed by atoms with E-state index in [1.54, 1.807) is 0 Å². The second-order valence-corrected chi connectivity index (χ2v) is 7.58. The third-order valence-corrected chi connectivity index (χ3v) is 6.18. The first-order valence-electron chi connectivity index (χ1n) is 7.35. The SMILES string of the molecule is CCC1CN(C(=NC)NCC(C)c2cccs2)CCS1.I. The number of nitrogens with zero attached hydrogens (tertiary/aromatic N) is 2. The summed E-state index contributed by atoms with van der Waals surface area (Å²) >= 11 is 3.93. The molecule has 1 aliphatic heterocycles. The van der Waals surface area contributed by atoms with Crippen LogP contribution >= 0.6 is 47.1 Å². The Morgan fingerprint density at radius 1 is 1.57 bits per heavy atom. The lowest BCUT2D eigenvalue weighted by Gasteiger charge is -2.34. The molecule has 0 spiro atoms. The summed E-state index contributed by atoms with van der Waals surface area (Å²) < 4.78 is 0. The van der Waals surface area contributed by atoms with Crippen LogP contribution in [0, 0.1) is 0 Å². The van der Waals surface area contributed by atoms with Crippen molar-refractivity contribution in [3.05, 3.63) is 22.4 Å². The molecule has 0 bridgehead atoms. The molecule has 21 heavy (non-hydrogen) atoms. The third-order valence-electron chi connectivity index (χ3n) is 3.70. The Kier molecular flexibility index (Phi) is 9.04. The van der Waals surface area contributed by atoms with Gasteiger partial charge in [-0.2, -0.15) is 11.8 Å². The van der Waals surface area contributed by atoms with Gasteiger partial charge in [-0.1, -0.05) is 19.9 Å². The molecule has 0 saturated carbocycles. The molecule has 120 valence electrons. The summed E-state index contributed by atoms with van der Waals surface area (Å²) in [6, 6.07) is 4.34. The molecular weight excluding hydrogens is 413 g/mol. The van der Waals surface area contributed by atoms with Gasteiger partial charge in [0.05, 0.1) is 0 Å². The highest BCUT2D eigenvalue weighted by atomic mass is 127. The van der Waals surface area contributed by atoms with E-state index in [0.29, 0.717) is 5.92 Å². The van der Waals surface area contributed by atoms with Crippen molar-refractivity contribution in [2.45, 2.75) is 31.4 Å². The van der Waals surface area contributed by atoms with Crippen molar-refractivity contribution in [1.29, 1.82) is 0 Å². The van der Waals surface area contributed by atoms with Gasteiger partial charge in [0.25, 0.3) is 0 Å². The van der Waals surface area contributed by atoms with Crippen molar-refractivity contribution in [2.24, 2.45) is 4.99 Å². The number of hydrogen-bond acceptors (Lipinski definition) is 3. The number of aliphatic imine (C=N–C) groups is 1. The van der Waals surface area contributed by atoms with Crippen molar-refractivity contribution < 1.29 is 0 Å². The van der Waals surface area contributed by atoms with Crippen LogP contribution in [0.1, 0.15) is 31.1 Å². The molecule has 1 aromatic rings. The van der Waals surface area contributed by atoms with Crippen molar-refractivity contribution in [3.63, 3.8) is 0 Å². The normalized spacial score (nSPS) is 20.8. The topological polar surface area (TPSA) is 27.6 Å². The largest absolute Gasteiger partial charge is 0.356 e. The minimum atomic E-state index is 0. The highest BCUT2D eigenvalue weighted by Crippen LogP contribution is 2.22. The van der Waals surface area contributed by atoms with E-state index in [9.17, 15) is 0 Å². The predicted molar refractivity (Wildman–Crippen MR) is 108 cm³/mol. The molecule has 0 aliphatic carbocycles. The second kappa shape index (κ2) is 9.94. The summed E-state index contributed by atoms with van der Waals surface area (Å²) in [4.78, 5) is 8.31. The van der Waals surface area contributed by atoms with E-state index < -0.39 is 0 Å². The van der Waals surface area contributed by atoms with E-state index in [4.69, 9.17) is 0 Å². The molecule has 0 aromatic carbocycles. The first-order valence-corrected chi connectivity index (χ1v) is 9.28. The first-order chi connectivity index (χ1) is 9.74. The van der Waals surface area contributed by atoms with Gasteiger partial charge in [0.1, 0.15) is 0 Å². The van der Waals surface area contributed by atoms with Crippen molar-refractivity contribution in [1.82, 2.24) is 10.2 Å².